The van der Waals surface area contributed by atoms with Crippen LogP contribution < -0.4 is 10.1 Å². The van der Waals surface area contributed by atoms with Crippen LogP contribution in [0.25, 0.3) is 0 Å². The van der Waals surface area contributed by atoms with Crippen molar-refractivity contribution in [1.82, 2.24) is 10.3 Å². The lowest BCUT2D eigenvalue weighted by molar-refractivity contribution is 0.268. The van der Waals surface area contributed by atoms with Crippen molar-refractivity contribution in [2.45, 2.75) is 45.1 Å². The van der Waals surface area contributed by atoms with Gasteiger partial charge >= 0.3 is 0 Å². The van der Waals surface area contributed by atoms with Crippen LogP contribution in [0.1, 0.15) is 50.6 Å². The quantitative estimate of drug-likeness (QED) is 0.868. The van der Waals surface area contributed by atoms with Crippen molar-refractivity contribution in [3.8, 4) is 5.75 Å². The summed E-state index contributed by atoms with van der Waals surface area (Å²) in [5.41, 5.74) is 1.27. The summed E-state index contributed by atoms with van der Waals surface area (Å²) in [6.07, 6.45) is 10.4. The highest BCUT2D eigenvalue weighted by atomic mass is 16.5. The number of hydrogen-bond donors (Lipinski definition) is 1. The van der Waals surface area contributed by atoms with Crippen LogP contribution in [0.2, 0.25) is 0 Å². The van der Waals surface area contributed by atoms with Gasteiger partial charge in [-0.15, -0.1) is 0 Å². The van der Waals surface area contributed by atoms with Gasteiger partial charge in [-0.1, -0.05) is 26.2 Å². The van der Waals surface area contributed by atoms with Gasteiger partial charge in [-0.3, -0.25) is 4.98 Å². The highest BCUT2D eigenvalue weighted by Gasteiger charge is 2.26. The molecule has 1 aromatic heterocycles. The first-order valence-electron chi connectivity index (χ1n) is 7.08. The number of hydrogen-bond acceptors (Lipinski definition) is 3. The van der Waals surface area contributed by atoms with Gasteiger partial charge in [0.1, 0.15) is 5.75 Å². The van der Waals surface area contributed by atoms with Crippen molar-refractivity contribution < 1.29 is 4.74 Å². The maximum absolute atomic E-state index is 5.46. The van der Waals surface area contributed by atoms with Gasteiger partial charge in [-0.25, -0.2) is 0 Å². The number of aromatic nitrogens is 1. The first-order chi connectivity index (χ1) is 8.86. The minimum Gasteiger partial charge on any atom is -0.495 e. The molecule has 3 nitrogen and oxygen atoms in total. The van der Waals surface area contributed by atoms with E-state index in [1.54, 1.807) is 7.11 Å². The number of ether oxygens (including phenoxy) is 1. The van der Waals surface area contributed by atoms with Crippen LogP contribution in [0, 0.1) is 5.92 Å². The fourth-order valence-corrected chi connectivity index (χ4v) is 3.04. The van der Waals surface area contributed by atoms with Gasteiger partial charge in [0.05, 0.1) is 13.3 Å². The van der Waals surface area contributed by atoms with Crippen LogP contribution >= 0.6 is 0 Å². The first kappa shape index (κ1) is 13.3. The third-order valence-corrected chi connectivity index (χ3v) is 3.92. The van der Waals surface area contributed by atoms with E-state index in [2.05, 4.69) is 23.3 Å². The van der Waals surface area contributed by atoms with E-state index in [0.29, 0.717) is 6.04 Å². The van der Waals surface area contributed by atoms with Gasteiger partial charge in [0.15, 0.2) is 0 Å². The second kappa shape index (κ2) is 6.74. The van der Waals surface area contributed by atoms with Crippen LogP contribution in [-0.2, 0) is 0 Å². The zero-order chi connectivity index (χ0) is 12.8. The van der Waals surface area contributed by atoms with Gasteiger partial charge in [-0.05, 0) is 31.4 Å². The Morgan fingerprint density at radius 2 is 2.17 bits per heavy atom. The van der Waals surface area contributed by atoms with Crippen LogP contribution in [0.5, 0.6) is 5.75 Å². The molecule has 1 N–H and O–H groups in total. The summed E-state index contributed by atoms with van der Waals surface area (Å²) in [6.45, 7) is 3.16. The zero-order valence-corrected chi connectivity index (χ0v) is 11.5. The lowest BCUT2D eigenvalue weighted by atomic mass is 9.81. The Labute approximate surface area is 110 Å². The molecule has 1 atom stereocenters. The van der Waals surface area contributed by atoms with E-state index in [9.17, 15) is 0 Å². The molecule has 3 heteroatoms. The number of methoxy groups -OCH3 is 1. The molecule has 2 rings (SSSR count). The molecule has 0 radical (unpaired) electrons. The summed E-state index contributed by atoms with van der Waals surface area (Å²) in [5.74, 6) is 1.64. The Kier molecular flexibility index (Phi) is 5.00. The molecule has 1 aliphatic rings. The summed E-state index contributed by atoms with van der Waals surface area (Å²) in [4.78, 5) is 4.15. The summed E-state index contributed by atoms with van der Waals surface area (Å²) in [6, 6.07) is 2.51. The van der Waals surface area contributed by atoms with Gasteiger partial charge in [0.25, 0.3) is 0 Å². The van der Waals surface area contributed by atoms with Crippen LogP contribution in [0.4, 0.5) is 0 Å². The minimum absolute atomic E-state index is 0.410. The normalized spacial score (nSPS) is 18.6. The van der Waals surface area contributed by atoms with Gasteiger partial charge in [-0.2, -0.15) is 0 Å². The molecule has 0 spiro atoms. The monoisotopic (exact) mass is 248 g/mol. The van der Waals surface area contributed by atoms with Crippen LogP contribution in [-0.4, -0.2) is 18.6 Å². The second-order valence-corrected chi connectivity index (χ2v) is 5.05. The molecule has 18 heavy (non-hydrogen) atoms. The van der Waals surface area contributed by atoms with E-state index in [1.165, 1.54) is 37.7 Å². The molecule has 1 fully saturated rings. The molecule has 0 aliphatic heterocycles. The topological polar surface area (TPSA) is 34.2 Å². The summed E-state index contributed by atoms with van der Waals surface area (Å²) >= 11 is 0. The number of pyridine rings is 1. The molecular weight excluding hydrogens is 224 g/mol. The largest absolute Gasteiger partial charge is 0.495 e. The Morgan fingerprint density at radius 1 is 1.39 bits per heavy atom. The van der Waals surface area contributed by atoms with Gasteiger partial charge in [0, 0.05) is 17.8 Å². The number of nitrogens with zero attached hydrogens (tertiary/aromatic N) is 1. The third-order valence-electron chi connectivity index (χ3n) is 3.92. The van der Waals surface area contributed by atoms with E-state index >= 15 is 0 Å². The Balaban J connectivity index is 2.22. The highest BCUT2D eigenvalue weighted by Crippen LogP contribution is 2.37. The Hall–Kier alpha value is -1.09. The summed E-state index contributed by atoms with van der Waals surface area (Å²) < 4.78 is 5.46. The molecule has 1 heterocycles. The van der Waals surface area contributed by atoms with E-state index in [0.717, 1.165) is 18.2 Å². The molecular formula is C15H24N2O. The number of rotatable bonds is 5. The zero-order valence-electron chi connectivity index (χ0n) is 11.5. The molecule has 0 saturated heterocycles. The maximum Gasteiger partial charge on any atom is 0.141 e. The van der Waals surface area contributed by atoms with Crippen LogP contribution in [0.15, 0.2) is 18.5 Å². The predicted molar refractivity (Wildman–Crippen MR) is 73.8 cm³/mol. The molecule has 1 saturated carbocycles. The van der Waals surface area contributed by atoms with Crippen molar-refractivity contribution in [2.24, 2.45) is 5.92 Å². The van der Waals surface area contributed by atoms with Crippen molar-refractivity contribution in [3.63, 3.8) is 0 Å². The summed E-state index contributed by atoms with van der Waals surface area (Å²) in [5, 5.41) is 3.64. The van der Waals surface area contributed by atoms with E-state index < -0.39 is 0 Å². The summed E-state index contributed by atoms with van der Waals surface area (Å²) in [7, 11) is 1.73. The standard InChI is InChI=1S/C15H24N2O/c1-3-17-15(12-7-5-4-6-8-12)13-9-10-16-11-14(13)18-2/h9-12,15,17H,3-8H2,1-2H3. The van der Waals surface area contributed by atoms with E-state index in [4.69, 9.17) is 4.74 Å². The predicted octanol–water partition coefficient (Wildman–Crippen LogP) is 3.32. The molecule has 0 bridgehead atoms. The third kappa shape index (κ3) is 3.02. The molecule has 0 aromatic carbocycles. The minimum atomic E-state index is 0.410. The number of nitrogens with one attached hydrogen (secondary N) is 1. The molecule has 1 unspecified atom stereocenters. The smallest absolute Gasteiger partial charge is 0.141 e. The Bertz CT molecular complexity index is 361. The maximum atomic E-state index is 5.46. The lowest BCUT2D eigenvalue weighted by Gasteiger charge is -2.31. The molecule has 1 aliphatic carbocycles. The second-order valence-electron chi connectivity index (χ2n) is 5.05. The van der Waals surface area contributed by atoms with Crippen molar-refractivity contribution >= 4 is 0 Å². The average Bonchev–Trinajstić information content (AvgIpc) is 2.46. The highest BCUT2D eigenvalue weighted by molar-refractivity contribution is 5.33. The molecule has 1 aromatic rings. The fraction of sp³-hybridized carbons (Fsp3) is 0.667. The van der Waals surface area contributed by atoms with Crippen molar-refractivity contribution in [3.05, 3.63) is 24.0 Å². The van der Waals surface area contributed by atoms with Crippen molar-refractivity contribution in [1.29, 1.82) is 0 Å². The lowest BCUT2D eigenvalue weighted by Crippen LogP contribution is -2.30. The van der Waals surface area contributed by atoms with Gasteiger partial charge < -0.3 is 10.1 Å². The van der Waals surface area contributed by atoms with E-state index in [-0.39, 0.29) is 0 Å². The molecule has 100 valence electrons. The fourth-order valence-electron chi connectivity index (χ4n) is 3.04. The van der Waals surface area contributed by atoms with Gasteiger partial charge in [0.2, 0.25) is 0 Å². The SMILES string of the molecule is CCNC(c1ccncc1OC)C1CCCCC1. The Morgan fingerprint density at radius 3 is 2.83 bits per heavy atom. The van der Waals surface area contributed by atoms with Crippen LogP contribution in [0.3, 0.4) is 0 Å². The average molecular weight is 248 g/mol. The van der Waals surface area contributed by atoms with E-state index in [1.807, 2.05) is 12.4 Å². The van der Waals surface area contributed by atoms with Crippen molar-refractivity contribution in [2.75, 3.05) is 13.7 Å². The molecule has 0 amide bonds. The first-order valence-corrected chi connectivity index (χ1v) is 7.08.